The fourth-order valence-corrected chi connectivity index (χ4v) is 3.66. The van der Waals surface area contributed by atoms with Crippen molar-refractivity contribution < 1.29 is 9.64 Å². The molecule has 0 aromatic carbocycles. The summed E-state index contributed by atoms with van der Waals surface area (Å²) in [7, 11) is 0. The van der Waals surface area contributed by atoms with Crippen molar-refractivity contribution in [2.45, 2.75) is 40.0 Å². The van der Waals surface area contributed by atoms with Gasteiger partial charge in [0.15, 0.2) is 5.11 Å². The molecule has 0 unspecified atom stereocenters. The third-order valence-corrected chi connectivity index (χ3v) is 5.26. The average Bonchev–Trinajstić information content (AvgIpc) is 2.53. The second-order valence-corrected chi connectivity index (χ2v) is 7.73. The van der Waals surface area contributed by atoms with Crippen molar-refractivity contribution in [3.8, 4) is 0 Å². The third-order valence-electron chi connectivity index (χ3n) is 5.03. The Morgan fingerprint density at radius 2 is 2.09 bits per heavy atom. The van der Waals surface area contributed by atoms with E-state index in [4.69, 9.17) is 17.0 Å². The first-order chi connectivity index (χ1) is 11.1. The predicted octanol–water partition coefficient (Wildman–Crippen LogP) is 0.814. The van der Waals surface area contributed by atoms with Crippen LogP contribution in [0.3, 0.4) is 0 Å². The van der Waals surface area contributed by atoms with Crippen LogP contribution in [0.25, 0.3) is 0 Å². The summed E-state index contributed by atoms with van der Waals surface area (Å²) in [5.74, 6) is 1.98. The summed E-state index contributed by atoms with van der Waals surface area (Å²) >= 11 is 5.36. The van der Waals surface area contributed by atoms with Gasteiger partial charge in [0.25, 0.3) is 0 Å². The Hall–Kier alpha value is -0.720. The van der Waals surface area contributed by atoms with Crippen molar-refractivity contribution >= 4 is 23.0 Å². The van der Waals surface area contributed by atoms with Crippen LogP contribution in [0.15, 0.2) is 5.10 Å². The van der Waals surface area contributed by atoms with Gasteiger partial charge in [-0.05, 0) is 43.3 Å². The molecule has 2 fully saturated rings. The number of quaternary nitrogens is 1. The van der Waals surface area contributed by atoms with Crippen molar-refractivity contribution in [1.29, 1.82) is 0 Å². The van der Waals surface area contributed by atoms with Crippen LogP contribution in [0.1, 0.15) is 40.0 Å². The molecule has 1 heterocycles. The van der Waals surface area contributed by atoms with Gasteiger partial charge in [-0.25, -0.2) is 0 Å². The smallest absolute Gasteiger partial charge is 0.187 e. The summed E-state index contributed by atoms with van der Waals surface area (Å²) in [5, 5.41) is 8.56. The lowest BCUT2D eigenvalue weighted by atomic mass is 9.76. The highest BCUT2D eigenvalue weighted by atomic mass is 32.1. The molecule has 1 saturated heterocycles. The van der Waals surface area contributed by atoms with E-state index in [2.05, 4.69) is 36.6 Å². The van der Waals surface area contributed by atoms with Crippen LogP contribution >= 0.6 is 12.2 Å². The fourth-order valence-electron chi connectivity index (χ4n) is 3.51. The van der Waals surface area contributed by atoms with Gasteiger partial charge in [0.1, 0.15) is 13.1 Å². The van der Waals surface area contributed by atoms with E-state index in [1.54, 1.807) is 4.90 Å². The highest BCUT2D eigenvalue weighted by Gasteiger charge is 2.27. The molecular formula is C17H33N4OS+. The van der Waals surface area contributed by atoms with Gasteiger partial charge in [0.2, 0.25) is 0 Å². The molecule has 3 N–H and O–H groups in total. The summed E-state index contributed by atoms with van der Waals surface area (Å²) in [6.45, 7) is 12.8. The van der Waals surface area contributed by atoms with Gasteiger partial charge in [-0.15, -0.1) is 0 Å². The molecule has 1 saturated carbocycles. The summed E-state index contributed by atoms with van der Waals surface area (Å²) < 4.78 is 5.37. The molecule has 0 bridgehead atoms. The zero-order valence-corrected chi connectivity index (χ0v) is 15.7. The third kappa shape index (κ3) is 6.36. The van der Waals surface area contributed by atoms with E-state index in [-0.39, 0.29) is 0 Å². The Kier molecular flexibility index (Phi) is 7.73. The van der Waals surface area contributed by atoms with Gasteiger partial charge in [-0.3, -0.25) is 5.43 Å². The van der Waals surface area contributed by atoms with Crippen LogP contribution in [-0.2, 0) is 4.74 Å². The Labute approximate surface area is 146 Å². The SMILES string of the molecule is CC(C)[C@H]1CC[C@@H](C)C/C1=N/NC(=S)NCC[NH+]1CCOCC1. The molecule has 2 rings (SSSR count). The molecule has 0 radical (unpaired) electrons. The number of ether oxygens (including phenoxy) is 1. The molecule has 2 atom stereocenters. The molecule has 0 spiro atoms. The number of hydrogen-bond acceptors (Lipinski definition) is 3. The van der Waals surface area contributed by atoms with E-state index < -0.39 is 0 Å². The van der Waals surface area contributed by atoms with Crippen LogP contribution in [0, 0.1) is 17.8 Å². The van der Waals surface area contributed by atoms with Crippen LogP contribution in [0.4, 0.5) is 0 Å². The zero-order valence-electron chi connectivity index (χ0n) is 14.9. The first-order valence-electron chi connectivity index (χ1n) is 9.08. The summed E-state index contributed by atoms with van der Waals surface area (Å²) in [6, 6.07) is 0. The molecular weight excluding hydrogens is 308 g/mol. The minimum absolute atomic E-state index is 0.597. The molecule has 0 aromatic heterocycles. The van der Waals surface area contributed by atoms with Gasteiger partial charge in [0.05, 0.1) is 26.3 Å². The van der Waals surface area contributed by atoms with E-state index >= 15 is 0 Å². The van der Waals surface area contributed by atoms with Crippen molar-refractivity contribution in [2.24, 2.45) is 22.9 Å². The van der Waals surface area contributed by atoms with Crippen LogP contribution in [0.2, 0.25) is 0 Å². The first kappa shape index (κ1) is 18.6. The molecule has 23 heavy (non-hydrogen) atoms. The standard InChI is InChI=1S/C17H32N4OS/c1-13(2)15-5-4-14(3)12-16(15)19-20-17(23)18-6-7-21-8-10-22-11-9-21/h13-15H,4-12H2,1-3H3,(H2,18,20,23)/p+1/b19-16-/t14-,15-/m1/s1. The molecule has 6 heteroatoms. The van der Waals surface area contributed by atoms with E-state index in [1.165, 1.54) is 18.6 Å². The molecule has 5 nitrogen and oxygen atoms in total. The van der Waals surface area contributed by atoms with Gasteiger partial charge in [-0.2, -0.15) is 5.10 Å². The first-order valence-corrected chi connectivity index (χ1v) is 9.48. The maximum Gasteiger partial charge on any atom is 0.187 e. The monoisotopic (exact) mass is 341 g/mol. The lowest BCUT2D eigenvalue weighted by Crippen LogP contribution is -3.14. The minimum Gasteiger partial charge on any atom is -0.370 e. The molecule has 132 valence electrons. The highest BCUT2D eigenvalue weighted by Crippen LogP contribution is 2.31. The van der Waals surface area contributed by atoms with Gasteiger partial charge >= 0.3 is 0 Å². The number of hydrogen-bond donors (Lipinski definition) is 3. The molecule has 1 aliphatic heterocycles. The van der Waals surface area contributed by atoms with E-state index in [9.17, 15) is 0 Å². The normalized spacial score (nSPS) is 28.1. The number of rotatable bonds is 5. The lowest BCUT2D eigenvalue weighted by Gasteiger charge is -2.30. The van der Waals surface area contributed by atoms with Crippen molar-refractivity contribution in [1.82, 2.24) is 10.7 Å². The highest BCUT2D eigenvalue weighted by molar-refractivity contribution is 7.80. The van der Waals surface area contributed by atoms with E-state index in [1.807, 2.05) is 0 Å². The lowest BCUT2D eigenvalue weighted by molar-refractivity contribution is -0.906. The van der Waals surface area contributed by atoms with Gasteiger partial charge in [-0.1, -0.05) is 20.8 Å². The second-order valence-electron chi connectivity index (χ2n) is 7.32. The Bertz CT molecular complexity index is 407. The van der Waals surface area contributed by atoms with Crippen LogP contribution in [-0.4, -0.2) is 50.2 Å². The molecule has 1 aliphatic carbocycles. The number of nitrogens with one attached hydrogen (secondary N) is 3. The van der Waals surface area contributed by atoms with Crippen molar-refractivity contribution in [2.75, 3.05) is 39.4 Å². The number of morpholine rings is 1. The largest absolute Gasteiger partial charge is 0.370 e. The zero-order chi connectivity index (χ0) is 16.7. The average molecular weight is 342 g/mol. The van der Waals surface area contributed by atoms with Crippen LogP contribution < -0.4 is 15.6 Å². The van der Waals surface area contributed by atoms with Gasteiger partial charge in [0, 0.05) is 11.6 Å². The maximum atomic E-state index is 5.37. The van der Waals surface area contributed by atoms with Crippen LogP contribution in [0.5, 0.6) is 0 Å². The minimum atomic E-state index is 0.597. The predicted molar refractivity (Wildman–Crippen MR) is 98.9 cm³/mol. The van der Waals surface area contributed by atoms with Crippen molar-refractivity contribution in [3.63, 3.8) is 0 Å². The second kappa shape index (κ2) is 9.55. The Balaban J connectivity index is 1.72. The summed E-state index contributed by atoms with van der Waals surface area (Å²) in [6.07, 6.45) is 3.66. The topological polar surface area (TPSA) is 50.1 Å². The number of thiocarbonyl (C=S) groups is 1. The maximum absolute atomic E-state index is 5.37. The quantitative estimate of drug-likeness (QED) is 0.512. The van der Waals surface area contributed by atoms with E-state index in [0.717, 1.165) is 51.7 Å². The molecule has 0 amide bonds. The Morgan fingerprint density at radius 1 is 1.35 bits per heavy atom. The van der Waals surface area contributed by atoms with Gasteiger partial charge < -0.3 is 15.0 Å². The molecule has 2 aliphatic rings. The van der Waals surface area contributed by atoms with Crippen molar-refractivity contribution in [3.05, 3.63) is 0 Å². The van der Waals surface area contributed by atoms with E-state index in [0.29, 0.717) is 16.9 Å². The number of nitrogens with zero attached hydrogens (tertiary/aromatic N) is 1. The number of hydrazone groups is 1. The summed E-state index contributed by atoms with van der Waals surface area (Å²) in [5.41, 5.74) is 4.36. The fraction of sp³-hybridized carbons (Fsp3) is 0.882. The molecule has 0 aromatic rings. The Morgan fingerprint density at radius 3 is 2.78 bits per heavy atom. The summed E-state index contributed by atoms with van der Waals surface area (Å²) in [4.78, 5) is 1.58.